The van der Waals surface area contributed by atoms with Crippen LogP contribution in [0.25, 0.3) is 10.9 Å². The number of rotatable bonds is 8. The molecule has 1 amide bonds. The van der Waals surface area contributed by atoms with Crippen LogP contribution >= 0.6 is 43.6 Å². The van der Waals surface area contributed by atoms with Crippen molar-refractivity contribution in [1.82, 2.24) is 10.3 Å². The number of benzene rings is 1. The molecule has 27 heavy (non-hydrogen) atoms. The molecule has 6 nitrogen and oxygen atoms in total. The molecule has 0 fully saturated rings. The highest BCUT2D eigenvalue weighted by atomic mass is 79.9. The van der Waals surface area contributed by atoms with E-state index < -0.39 is 11.0 Å². The topological polar surface area (TPSA) is 72.8 Å². The zero-order valence-corrected chi connectivity index (χ0v) is 19.4. The van der Waals surface area contributed by atoms with E-state index in [0.29, 0.717) is 12.4 Å². The molecule has 1 aromatic heterocycles. The number of carbonyl (C=O) groups excluding carboxylic acids is 1. The summed E-state index contributed by atoms with van der Waals surface area (Å²) in [5.41, 5.74) is -0.555. The maximum Gasteiger partial charge on any atom is 0.272 e. The molecule has 0 spiro atoms. The van der Waals surface area contributed by atoms with Crippen LogP contribution in [0.3, 0.4) is 0 Å². The third-order valence-electron chi connectivity index (χ3n) is 3.37. The Labute approximate surface area is 179 Å². The number of hydrogen-bond acceptors (Lipinski definition) is 6. The first-order valence-electron chi connectivity index (χ1n) is 8.18. The zero-order chi connectivity index (χ0) is 20.0. The zero-order valence-electron chi connectivity index (χ0n) is 15.5. The molecule has 0 aliphatic heterocycles. The fourth-order valence-electron chi connectivity index (χ4n) is 2.21. The number of thioether (sulfide) groups is 1. The molecule has 1 unspecified atom stereocenters. The average Bonchev–Trinajstić information content (AvgIpc) is 2.58. The van der Waals surface area contributed by atoms with Gasteiger partial charge in [0.05, 0.1) is 17.3 Å². The fourth-order valence-corrected chi connectivity index (χ4v) is 3.59. The summed E-state index contributed by atoms with van der Waals surface area (Å²) in [5.74, 6) is 0.323. The van der Waals surface area contributed by atoms with Gasteiger partial charge in [0, 0.05) is 20.5 Å². The van der Waals surface area contributed by atoms with E-state index in [4.69, 9.17) is 9.57 Å². The molecule has 0 bridgehead atoms. The number of amides is 1. The fraction of sp³-hybridized carbons (Fsp3) is 0.389. The van der Waals surface area contributed by atoms with E-state index in [-0.39, 0.29) is 5.91 Å². The standard InChI is InChI=1S/C18H21Br2N3O3S/c1-5-25-22-10-18(2,3)23-16(24)17(27-4)26-13-7-11-6-12(19)9-21-15(11)14(20)8-13/h6-10,17H,5H2,1-4H3,(H,23,24)/b22-10-. The lowest BCUT2D eigenvalue weighted by molar-refractivity contribution is -0.125. The first-order chi connectivity index (χ1) is 12.8. The van der Waals surface area contributed by atoms with Crippen molar-refractivity contribution in [2.45, 2.75) is 31.7 Å². The lowest BCUT2D eigenvalue weighted by Crippen LogP contribution is -2.49. The van der Waals surface area contributed by atoms with Gasteiger partial charge < -0.3 is 14.9 Å². The van der Waals surface area contributed by atoms with Crippen LogP contribution in [0.2, 0.25) is 0 Å². The molecule has 1 aromatic carbocycles. The van der Waals surface area contributed by atoms with E-state index in [9.17, 15) is 4.79 Å². The van der Waals surface area contributed by atoms with E-state index in [1.54, 1.807) is 18.5 Å². The number of nitrogens with zero attached hydrogens (tertiary/aromatic N) is 2. The number of fused-ring (bicyclic) bond motifs is 1. The molecule has 0 aliphatic carbocycles. The predicted octanol–water partition coefficient (Wildman–Crippen LogP) is 4.74. The second-order valence-corrected chi connectivity index (χ2v) is 8.85. The summed E-state index contributed by atoms with van der Waals surface area (Å²) >= 11 is 8.23. The Balaban J connectivity index is 2.16. The molecule has 0 aliphatic rings. The van der Waals surface area contributed by atoms with Gasteiger partial charge in [0.1, 0.15) is 12.4 Å². The van der Waals surface area contributed by atoms with Gasteiger partial charge in [0.2, 0.25) is 5.44 Å². The monoisotopic (exact) mass is 517 g/mol. The third-order valence-corrected chi connectivity index (χ3v) is 5.15. The Hall–Kier alpha value is -1.32. The Morgan fingerprint density at radius 2 is 2.15 bits per heavy atom. The Bertz CT molecular complexity index is 846. The smallest absolute Gasteiger partial charge is 0.272 e. The average molecular weight is 519 g/mol. The normalized spacial score (nSPS) is 13.0. The van der Waals surface area contributed by atoms with Gasteiger partial charge in [-0.15, -0.1) is 11.8 Å². The summed E-state index contributed by atoms with van der Waals surface area (Å²) in [5, 5.41) is 7.64. The molecular formula is C18H21Br2N3O3S. The maximum absolute atomic E-state index is 12.6. The summed E-state index contributed by atoms with van der Waals surface area (Å²) in [7, 11) is 0. The maximum atomic E-state index is 12.6. The van der Waals surface area contributed by atoms with Crippen LogP contribution in [0.15, 0.2) is 38.5 Å². The van der Waals surface area contributed by atoms with Crippen molar-refractivity contribution >= 4 is 66.6 Å². The predicted molar refractivity (Wildman–Crippen MR) is 117 cm³/mol. The van der Waals surface area contributed by atoms with Crippen LogP contribution in [0.5, 0.6) is 5.75 Å². The Kier molecular flexibility index (Phi) is 7.93. The quantitative estimate of drug-likeness (QED) is 0.310. The van der Waals surface area contributed by atoms with Crippen molar-refractivity contribution in [3.05, 3.63) is 33.3 Å². The number of oxime groups is 1. The minimum Gasteiger partial charge on any atom is -0.470 e. The van der Waals surface area contributed by atoms with Crippen molar-refractivity contribution in [2.24, 2.45) is 5.16 Å². The van der Waals surface area contributed by atoms with Crippen LogP contribution in [0.1, 0.15) is 20.8 Å². The van der Waals surface area contributed by atoms with E-state index in [0.717, 1.165) is 19.8 Å². The third kappa shape index (κ3) is 6.36. The molecule has 2 rings (SSSR count). The lowest BCUT2D eigenvalue weighted by atomic mass is 10.1. The summed E-state index contributed by atoms with van der Waals surface area (Å²) in [4.78, 5) is 22.0. The van der Waals surface area contributed by atoms with Crippen molar-refractivity contribution in [3.63, 3.8) is 0 Å². The molecule has 1 N–H and O–H groups in total. The first kappa shape index (κ1) is 22.0. The second kappa shape index (κ2) is 9.75. The van der Waals surface area contributed by atoms with Crippen molar-refractivity contribution < 1.29 is 14.4 Å². The number of pyridine rings is 1. The molecule has 0 saturated heterocycles. The number of halogens is 2. The van der Waals surface area contributed by atoms with Crippen LogP contribution in [0.4, 0.5) is 0 Å². The van der Waals surface area contributed by atoms with Gasteiger partial charge >= 0.3 is 0 Å². The second-order valence-electron chi connectivity index (χ2n) is 6.18. The molecule has 9 heteroatoms. The summed E-state index contributed by atoms with van der Waals surface area (Å²) in [6.07, 6.45) is 5.11. The van der Waals surface area contributed by atoms with Gasteiger partial charge in [-0.3, -0.25) is 9.78 Å². The van der Waals surface area contributed by atoms with Gasteiger partial charge in [0.25, 0.3) is 5.91 Å². The summed E-state index contributed by atoms with van der Waals surface area (Å²) in [6.45, 7) is 5.98. The van der Waals surface area contributed by atoms with E-state index in [2.05, 4.69) is 47.3 Å². The van der Waals surface area contributed by atoms with Crippen molar-refractivity contribution in [3.8, 4) is 5.75 Å². The largest absolute Gasteiger partial charge is 0.470 e. The lowest BCUT2D eigenvalue weighted by Gasteiger charge is -2.24. The molecule has 2 aromatic rings. The highest BCUT2D eigenvalue weighted by Gasteiger charge is 2.26. The van der Waals surface area contributed by atoms with Gasteiger partial charge in [-0.25, -0.2) is 0 Å². The van der Waals surface area contributed by atoms with E-state index >= 15 is 0 Å². The highest BCUT2D eigenvalue weighted by Crippen LogP contribution is 2.31. The number of carbonyl (C=O) groups is 1. The van der Waals surface area contributed by atoms with Crippen molar-refractivity contribution in [2.75, 3.05) is 12.9 Å². The number of nitrogens with one attached hydrogen (secondary N) is 1. The SMILES string of the molecule is CCO/N=C\C(C)(C)NC(=O)C(Oc1cc(Br)c2ncc(Br)cc2c1)SC. The van der Waals surface area contributed by atoms with Crippen LogP contribution in [-0.2, 0) is 9.63 Å². The minimum absolute atomic E-state index is 0.251. The highest BCUT2D eigenvalue weighted by molar-refractivity contribution is 9.11. The number of ether oxygens (including phenoxy) is 1. The van der Waals surface area contributed by atoms with Crippen LogP contribution in [-0.4, -0.2) is 40.9 Å². The Morgan fingerprint density at radius 1 is 1.41 bits per heavy atom. The molecule has 1 heterocycles. The summed E-state index contributed by atoms with van der Waals surface area (Å²) < 4.78 is 7.59. The molecule has 146 valence electrons. The van der Waals surface area contributed by atoms with Crippen LogP contribution < -0.4 is 10.1 Å². The molecular weight excluding hydrogens is 498 g/mol. The van der Waals surface area contributed by atoms with E-state index in [1.807, 2.05) is 39.2 Å². The molecule has 1 atom stereocenters. The minimum atomic E-state index is -0.714. The van der Waals surface area contributed by atoms with Gasteiger partial charge in [0.15, 0.2) is 0 Å². The number of aromatic nitrogens is 1. The molecule has 0 radical (unpaired) electrons. The first-order valence-corrected chi connectivity index (χ1v) is 11.1. The molecule has 0 saturated carbocycles. The van der Waals surface area contributed by atoms with Gasteiger partial charge in [-0.2, -0.15) is 0 Å². The van der Waals surface area contributed by atoms with Gasteiger partial charge in [-0.05, 0) is 77.1 Å². The number of hydrogen-bond donors (Lipinski definition) is 1. The van der Waals surface area contributed by atoms with Crippen LogP contribution in [0, 0.1) is 0 Å². The van der Waals surface area contributed by atoms with Gasteiger partial charge in [-0.1, -0.05) is 5.16 Å². The summed E-state index contributed by atoms with van der Waals surface area (Å²) in [6, 6.07) is 5.61. The Morgan fingerprint density at radius 3 is 2.81 bits per heavy atom. The van der Waals surface area contributed by atoms with E-state index in [1.165, 1.54) is 11.8 Å². The van der Waals surface area contributed by atoms with Crippen molar-refractivity contribution in [1.29, 1.82) is 0 Å².